The van der Waals surface area contributed by atoms with Gasteiger partial charge in [0.25, 0.3) is 0 Å². The first-order valence-corrected chi connectivity index (χ1v) is 5.81. The number of ketones is 1. The minimum atomic E-state index is -0.540. The Morgan fingerprint density at radius 3 is 2.53 bits per heavy atom. The van der Waals surface area contributed by atoms with E-state index >= 15 is 0 Å². The second kappa shape index (κ2) is 5.96. The lowest BCUT2D eigenvalue weighted by molar-refractivity contribution is 0.104. The Bertz CT molecular complexity index is 603. The van der Waals surface area contributed by atoms with E-state index in [4.69, 9.17) is 4.74 Å². The maximum atomic E-state index is 13.5. The van der Waals surface area contributed by atoms with Gasteiger partial charge in [0.05, 0.1) is 7.11 Å². The highest BCUT2D eigenvalue weighted by Gasteiger charge is 2.07. The summed E-state index contributed by atoms with van der Waals surface area (Å²) in [6.45, 7) is 0. The average molecular weight is 256 g/mol. The monoisotopic (exact) mass is 256 g/mol. The predicted octanol–water partition coefficient (Wildman–Crippen LogP) is 3.73. The number of allylic oxidation sites excluding steroid dienone is 1. The van der Waals surface area contributed by atoms with Gasteiger partial charge in [0, 0.05) is 5.56 Å². The second-order valence-corrected chi connectivity index (χ2v) is 3.96. The third-order valence-electron chi connectivity index (χ3n) is 2.66. The zero-order chi connectivity index (χ0) is 13.7. The van der Waals surface area contributed by atoms with Gasteiger partial charge < -0.3 is 4.74 Å². The molecular formula is C16H13FO2. The third-order valence-corrected chi connectivity index (χ3v) is 2.66. The SMILES string of the molecule is COc1ccc(C(=O)C=Cc2ccccc2)cc1F. The van der Waals surface area contributed by atoms with Crippen molar-refractivity contribution < 1.29 is 13.9 Å². The van der Waals surface area contributed by atoms with E-state index in [1.807, 2.05) is 30.3 Å². The van der Waals surface area contributed by atoms with Gasteiger partial charge in [-0.25, -0.2) is 4.39 Å². The van der Waals surface area contributed by atoms with E-state index in [2.05, 4.69) is 0 Å². The van der Waals surface area contributed by atoms with E-state index in [1.165, 1.54) is 25.3 Å². The summed E-state index contributed by atoms with van der Waals surface area (Å²) in [6.07, 6.45) is 3.13. The number of hydrogen-bond acceptors (Lipinski definition) is 2. The molecule has 0 aliphatic heterocycles. The lowest BCUT2D eigenvalue weighted by Gasteiger charge is -2.02. The van der Waals surface area contributed by atoms with E-state index in [0.29, 0.717) is 5.56 Å². The van der Waals surface area contributed by atoms with Crippen molar-refractivity contribution in [2.45, 2.75) is 0 Å². The molecule has 0 aliphatic rings. The molecule has 2 rings (SSSR count). The largest absolute Gasteiger partial charge is 0.494 e. The molecule has 96 valence electrons. The van der Waals surface area contributed by atoms with Gasteiger partial charge in [-0.05, 0) is 29.8 Å². The smallest absolute Gasteiger partial charge is 0.185 e. The molecule has 0 bridgehead atoms. The van der Waals surface area contributed by atoms with E-state index in [1.54, 1.807) is 12.1 Å². The van der Waals surface area contributed by atoms with Crippen LogP contribution in [0.25, 0.3) is 6.08 Å². The summed E-state index contributed by atoms with van der Waals surface area (Å²) in [5.74, 6) is -0.657. The molecular weight excluding hydrogens is 243 g/mol. The first kappa shape index (κ1) is 13.0. The maximum Gasteiger partial charge on any atom is 0.185 e. The van der Waals surface area contributed by atoms with Crippen molar-refractivity contribution in [2.75, 3.05) is 7.11 Å². The van der Waals surface area contributed by atoms with E-state index in [0.717, 1.165) is 5.56 Å². The fraction of sp³-hybridized carbons (Fsp3) is 0.0625. The Kier molecular flexibility index (Phi) is 4.08. The molecule has 19 heavy (non-hydrogen) atoms. The van der Waals surface area contributed by atoms with Crippen molar-refractivity contribution in [3.8, 4) is 5.75 Å². The van der Waals surface area contributed by atoms with Crippen molar-refractivity contribution >= 4 is 11.9 Å². The van der Waals surface area contributed by atoms with Crippen LogP contribution in [0, 0.1) is 5.82 Å². The van der Waals surface area contributed by atoms with Crippen LogP contribution in [-0.2, 0) is 0 Å². The summed E-state index contributed by atoms with van der Waals surface area (Å²) in [6, 6.07) is 13.6. The minimum Gasteiger partial charge on any atom is -0.494 e. The third kappa shape index (κ3) is 3.28. The Labute approximate surface area is 111 Å². The van der Waals surface area contributed by atoms with Crippen molar-refractivity contribution in [2.24, 2.45) is 0 Å². The molecule has 0 unspecified atom stereocenters. The predicted molar refractivity (Wildman–Crippen MR) is 72.8 cm³/mol. The summed E-state index contributed by atoms with van der Waals surface area (Å²) in [5.41, 5.74) is 1.22. The normalized spacial score (nSPS) is 10.6. The highest BCUT2D eigenvalue weighted by atomic mass is 19.1. The van der Waals surface area contributed by atoms with Gasteiger partial charge in [-0.1, -0.05) is 36.4 Å². The second-order valence-electron chi connectivity index (χ2n) is 3.96. The molecule has 2 aromatic rings. The first-order chi connectivity index (χ1) is 9.20. The molecule has 0 atom stereocenters. The number of ether oxygens (including phenoxy) is 1. The number of carbonyl (C=O) groups is 1. The quantitative estimate of drug-likeness (QED) is 0.615. The lowest BCUT2D eigenvalue weighted by atomic mass is 10.1. The van der Waals surface area contributed by atoms with Crippen LogP contribution in [0.5, 0.6) is 5.75 Å². The Hall–Kier alpha value is -2.42. The van der Waals surface area contributed by atoms with Crippen LogP contribution in [-0.4, -0.2) is 12.9 Å². The van der Waals surface area contributed by atoms with Crippen LogP contribution in [0.3, 0.4) is 0 Å². The first-order valence-electron chi connectivity index (χ1n) is 5.81. The van der Waals surface area contributed by atoms with Gasteiger partial charge in [-0.15, -0.1) is 0 Å². The Morgan fingerprint density at radius 1 is 1.16 bits per heavy atom. The lowest BCUT2D eigenvalue weighted by Crippen LogP contribution is -1.96. The minimum absolute atomic E-state index is 0.128. The maximum absolute atomic E-state index is 13.5. The molecule has 2 aromatic carbocycles. The molecule has 0 amide bonds. The van der Waals surface area contributed by atoms with Gasteiger partial charge in [0.1, 0.15) is 0 Å². The zero-order valence-electron chi connectivity index (χ0n) is 10.5. The molecule has 0 aromatic heterocycles. The molecule has 0 N–H and O–H groups in total. The van der Waals surface area contributed by atoms with Gasteiger partial charge in [0.15, 0.2) is 17.3 Å². The summed E-state index contributed by atoms with van der Waals surface area (Å²) in [5, 5.41) is 0. The van der Waals surface area contributed by atoms with Crippen LogP contribution in [0.15, 0.2) is 54.6 Å². The topological polar surface area (TPSA) is 26.3 Å². The van der Waals surface area contributed by atoms with Gasteiger partial charge in [0.2, 0.25) is 0 Å². The van der Waals surface area contributed by atoms with Gasteiger partial charge in [-0.3, -0.25) is 4.79 Å². The molecule has 2 nitrogen and oxygen atoms in total. The van der Waals surface area contributed by atoms with Gasteiger partial charge in [-0.2, -0.15) is 0 Å². The molecule has 0 spiro atoms. The number of benzene rings is 2. The van der Waals surface area contributed by atoms with Crippen LogP contribution in [0.4, 0.5) is 4.39 Å². The summed E-state index contributed by atoms with van der Waals surface area (Å²) in [4.78, 5) is 11.9. The zero-order valence-corrected chi connectivity index (χ0v) is 10.5. The van der Waals surface area contributed by atoms with Crippen LogP contribution >= 0.6 is 0 Å². The van der Waals surface area contributed by atoms with Crippen molar-refractivity contribution in [1.82, 2.24) is 0 Å². The molecule has 0 heterocycles. The van der Waals surface area contributed by atoms with Crippen molar-refractivity contribution in [3.63, 3.8) is 0 Å². The summed E-state index contributed by atoms with van der Waals surface area (Å²) in [7, 11) is 1.38. The standard InChI is InChI=1S/C16H13FO2/c1-19-16-10-8-13(11-14(16)17)15(18)9-7-12-5-3-2-4-6-12/h2-11H,1H3. The number of hydrogen-bond donors (Lipinski definition) is 0. The Morgan fingerprint density at radius 2 is 1.89 bits per heavy atom. The summed E-state index contributed by atoms with van der Waals surface area (Å²) >= 11 is 0. The average Bonchev–Trinajstić information content (AvgIpc) is 2.45. The highest BCUT2D eigenvalue weighted by Crippen LogP contribution is 2.18. The molecule has 0 saturated carbocycles. The Balaban J connectivity index is 2.16. The molecule has 3 heteroatoms. The number of rotatable bonds is 4. The molecule has 0 fully saturated rings. The fourth-order valence-corrected chi connectivity index (χ4v) is 1.65. The summed E-state index contributed by atoms with van der Waals surface area (Å²) < 4.78 is 18.3. The van der Waals surface area contributed by atoms with Crippen LogP contribution in [0.1, 0.15) is 15.9 Å². The highest BCUT2D eigenvalue weighted by molar-refractivity contribution is 6.06. The number of halogens is 1. The molecule has 0 saturated heterocycles. The van der Waals surface area contributed by atoms with Gasteiger partial charge >= 0.3 is 0 Å². The number of carbonyl (C=O) groups excluding carboxylic acids is 1. The number of methoxy groups -OCH3 is 1. The molecule has 0 radical (unpaired) electrons. The van der Waals surface area contributed by atoms with E-state index < -0.39 is 5.82 Å². The van der Waals surface area contributed by atoms with Crippen LogP contribution < -0.4 is 4.74 Å². The van der Waals surface area contributed by atoms with Crippen molar-refractivity contribution in [1.29, 1.82) is 0 Å². The van der Waals surface area contributed by atoms with E-state index in [-0.39, 0.29) is 11.5 Å². The molecule has 0 aliphatic carbocycles. The van der Waals surface area contributed by atoms with E-state index in [9.17, 15) is 9.18 Å². The fourth-order valence-electron chi connectivity index (χ4n) is 1.65. The van der Waals surface area contributed by atoms with Crippen LogP contribution in [0.2, 0.25) is 0 Å². The van der Waals surface area contributed by atoms with Crippen molar-refractivity contribution in [3.05, 3.63) is 71.6 Å².